The van der Waals surface area contributed by atoms with Crippen molar-refractivity contribution >= 4 is 5.91 Å². The van der Waals surface area contributed by atoms with Crippen LogP contribution in [-0.4, -0.2) is 38.2 Å². The number of carbonyl (C=O) groups is 1. The summed E-state index contributed by atoms with van der Waals surface area (Å²) in [4.78, 5) is 12.6. The van der Waals surface area contributed by atoms with Crippen molar-refractivity contribution in [2.24, 2.45) is 5.73 Å². The number of aryl methyl sites for hydroxylation is 1. The second-order valence-corrected chi connectivity index (χ2v) is 6.08. The predicted molar refractivity (Wildman–Crippen MR) is 83.0 cm³/mol. The topological polar surface area (TPSA) is 98.7 Å². The molecule has 7 heteroatoms. The zero-order valence-corrected chi connectivity index (χ0v) is 13.2. The third kappa shape index (κ3) is 4.36. The zero-order valence-electron chi connectivity index (χ0n) is 13.2. The van der Waals surface area contributed by atoms with Gasteiger partial charge in [-0.05, 0) is 36.8 Å². The van der Waals surface area contributed by atoms with Gasteiger partial charge in [-0.1, -0.05) is 30.3 Å². The minimum absolute atomic E-state index is 0.141. The summed E-state index contributed by atoms with van der Waals surface area (Å²) >= 11 is 0. The molecule has 22 heavy (non-hydrogen) atoms. The van der Waals surface area contributed by atoms with E-state index in [0.717, 1.165) is 5.56 Å². The molecule has 0 saturated carbocycles. The average molecular weight is 302 g/mol. The van der Waals surface area contributed by atoms with E-state index in [-0.39, 0.29) is 5.91 Å². The van der Waals surface area contributed by atoms with Crippen molar-refractivity contribution < 1.29 is 4.79 Å². The van der Waals surface area contributed by atoms with Crippen LogP contribution in [0, 0.1) is 6.92 Å². The molecule has 7 nitrogen and oxygen atoms in total. The van der Waals surface area contributed by atoms with Crippen molar-refractivity contribution in [2.45, 2.75) is 38.8 Å². The Kier molecular flexibility index (Phi) is 4.87. The lowest BCUT2D eigenvalue weighted by atomic mass is 10.0. The fourth-order valence-electron chi connectivity index (χ4n) is 2.09. The highest BCUT2D eigenvalue weighted by Crippen LogP contribution is 2.15. The van der Waals surface area contributed by atoms with Crippen LogP contribution in [0.2, 0.25) is 0 Å². The number of benzene rings is 1. The standard InChI is InChI=1S/C15H22N6O/c1-11-18-19-20-21(11)13(9-12-7-5-4-6-8-12)14(22)17-10-15(2,3)16/h4-8,13H,9-10,16H2,1-3H3,(H,17,22). The Labute approximate surface area is 129 Å². The predicted octanol–water partition coefficient (Wildman–Crippen LogP) is 0.619. The SMILES string of the molecule is Cc1nnnn1C(Cc1ccccc1)C(=O)NCC(C)(C)N. The van der Waals surface area contributed by atoms with Gasteiger partial charge in [0, 0.05) is 18.5 Å². The second-order valence-electron chi connectivity index (χ2n) is 6.08. The van der Waals surface area contributed by atoms with E-state index in [0.29, 0.717) is 18.8 Å². The molecule has 1 aromatic carbocycles. The first-order valence-corrected chi connectivity index (χ1v) is 7.22. The molecule has 1 heterocycles. The Morgan fingerprint density at radius 2 is 2.05 bits per heavy atom. The van der Waals surface area contributed by atoms with Crippen molar-refractivity contribution in [1.82, 2.24) is 25.5 Å². The highest BCUT2D eigenvalue weighted by Gasteiger charge is 2.25. The van der Waals surface area contributed by atoms with Crippen LogP contribution in [0.15, 0.2) is 30.3 Å². The molecule has 2 aromatic rings. The summed E-state index contributed by atoms with van der Waals surface area (Å²) in [5.41, 5.74) is 6.50. The van der Waals surface area contributed by atoms with Crippen molar-refractivity contribution in [3.8, 4) is 0 Å². The quantitative estimate of drug-likeness (QED) is 0.815. The first-order chi connectivity index (χ1) is 10.4. The number of aromatic nitrogens is 4. The van der Waals surface area contributed by atoms with E-state index in [9.17, 15) is 4.79 Å². The fraction of sp³-hybridized carbons (Fsp3) is 0.467. The van der Waals surface area contributed by atoms with E-state index in [1.54, 1.807) is 11.6 Å². The molecule has 1 amide bonds. The van der Waals surface area contributed by atoms with Gasteiger partial charge in [0.2, 0.25) is 5.91 Å². The van der Waals surface area contributed by atoms with Crippen LogP contribution in [0.25, 0.3) is 0 Å². The lowest BCUT2D eigenvalue weighted by Crippen LogP contribution is -2.47. The maximum atomic E-state index is 12.6. The minimum atomic E-state index is -0.500. The van der Waals surface area contributed by atoms with Gasteiger partial charge in [-0.3, -0.25) is 4.79 Å². The molecule has 0 aliphatic heterocycles. The largest absolute Gasteiger partial charge is 0.352 e. The lowest BCUT2D eigenvalue weighted by molar-refractivity contribution is -0.124. The molecular weight excluding hydrogens is 280 g/mol. The van der Waals surface area contributed by atoms with E-state index in [1.165, 1.54) is 0 Å². The monoisotopic (exact) mass is 302 g/mol. The summed E-state index contributed by atoms with van der Waals surface area (Å²) < 4.78 is 1.55. The molecule has 0 aliphatic rings. The summed E-state index contributed by atoms with van der Waals surface area (Å²) in [5.74, 6) is 0.459. The summed E-state index contributed by atoms with van der Waals surface area (Å²) in [5, 5.41) is 14.3. The summed E-state index contributed by atoms with van der Waals surface area (Å²) in [7, 11) is 0. The molecule has 0 bridgehead atoms. The highest BCUT2D eigenvalue weighted by molar-refractivity contribution is 5.80. The van der Waals surface area contributed by atoms with Crippen LogP contribution in [-0.2, 0) is 11.2 Å². The minimum Gasteiger partial charge on any atom is -0.352 e. The van der Waals surface area contributed by atoms with Crippen LogP contribution >= 0.6 is 0 Å². The molecule has 0 aliphatic carbocycles. The van der Waals surface area contributed by atoms with E-state index >= 15 is 0 Å². The first kappa shape index (κ1) is 16.1. The van der Waals surface area contributed by atoms with E-state index in [4.69, 9.17) is 5.73 Å². The smallest absolute Gasteiger partial charge is 0.245 e. The molecule has 0 saturated heterocycles. The van der Waals surface area contributed by atoms with Gasteiger partial charge in [0.1, 0.15) is 11.9 Å². The van der Waals surface area contributed by atoms with Gasteiger partial charge in [-0.2, -0.15) is 0 Å². The molecule has 0 radical (unpaired) electrons. The molecular formula is C15H22N6O. The molecule has 1 unspecified atom stereocenters. The fourth-order valence-corrected chi connectivity index (χ4v) is 2.09. The number of nitrogens with one attached hydrogen (secondary N) is 1. The van der Waals surface area contributed by atoms with Crippen molar-refractivity contribution in [1.29, 1.82) is 0 Å². The number of hydrogen-bond donors (Lipinski definition) is 2. The van der Waals surface area contributed by atoms with Crippen LogP contribution in [0.4, 0.5) is 0 Å². The number of nitrogens with zero attached hydrogens (tertiary/aromatic N) is 4. The van der Waals surface area contributed by atoms with Gasteiger partial charge >= 0.3 is 0 Å². The van der Waals surface area contributed by atoms with Gasteiger partial charge in [-0.25, -0.2) is 4.68 Å². The van der Waals surface area contributed by atoms with Crippen LogP contribution < -0.4 is 11.1 Å². The third-order valence-corrected chi connectivity index (χ3v) is 3.25. The number of rotatable bonds is 6. The lowest BCUT2D eigenvalue weighted by Gasteiger charge is -2.22. The second kappa shape index (κ2) is 6.65. The van der Waals surface area contributed by atoms with Crippen LogP contribution in [0.5, 0.6) is 0 Å². The van der Waals surface area contributed by atoms with E-state index in [2.05, 4.69) is 20.8 Å². The first-order valence-electron chi connectivity index (χ1n) is 7.22. The number of carbonyl (C=O) groups excluding carboxylic acids is 1. The van der Waals surface area contributed by atoms with Crippen molar-refractivity contribution in [3.05, 3.63) is 41.7 Å². The van der Waals surface area contributed by atoms with E-state index in [1.807, 2.05) is 44.2 Å². The molecule has 2 rings (SSSR count). The Hall–Kier alpha value is -2.28. The van der Waals surface area contributed by atoms with Crippen molar-refractivity contribution in [2.75, 3.05) is 6.54 Å². The highest BCUT2D eigenvalue weighted by atomic mass is 16.2. The average Bonchev–Trinajstić information content (AvgIpc) is 2.88. The van der Waals surface area contributed by atoms with Gasteiger partial charge in [0.05, 0.1) is 0 Å². The molecule has 0 spiro atoms. The van der Waals surface area contributed by atoms with Crippen LogP contribution in [0.3, 0.4) is 0 Å². The Bertz CT molecular complexity index is 616. The van der Waals surface area contributed by atoms with Gasteiger partial charge in [0.15, 0.2) is 0 Å². The van der Waals surface area contributed by atoms with Crippen molar-refractivity contribution in [3.63, 3.8) is 0 Å². The number of tetrazole rings is 1. The van der Waals surface area contributed by atoms with Gasteiger partial charge in [0.25, 0.3) is 0 Å². The maximum Gasteiger partial charge on any atom is 0.245 e. The van der Waals surface area contributed by atoms with Gasteiger partial charge in [-0.15, -0.1) is 5.10 Å². The zero-order chi connectivity index (χ0) is 16.2. The molecule has 118 valence electrons. The Morgan fingerprint density at radius 3 is 2.59 bits per heavy atom. The van der Waals surface area contributed by atoms with Crippen LogP contribution in [0.1, 0.15) is 31.3 Å². The molecule has 3 N–H and O–H groups in total. The summed E-state index contributed by atoms with van der Waals surface area (Å²) in [6, 6.07) is 9.29. The molecule has 1 aromatic heterocycles. The van der Waals surface area contributed by atoms with Gasteiger partial charge < -0.3 is 11.1 Å². The maximum absolute atomic E-state index is 12.6. The molecule has 1 atom stereocenters. The number of nitrogens with two attached hydrogens (primary N) is 1. The number of hydrogen-bond acceptors (Lipinski definition) is 5. The Balaban J connectivity index is 2.19. The summed E-state index contributed by atoms with van der Waals surface area (Å²) in [6.45, 7) is 5.89. The normalized spacial score (nSPS) is 12.9. The Morgan fingerprint density at radius 1 is 1.36 bits per heavy atom. The molecule has 0 fully saturated rings. The van der Waals surface area contributed by atoms with E-state index < -0.39 is 11.6 Å². The number of amides is 1. The summed E-state index contributed by atoms with van der Waals surface area (Å²) in [6.07, 6.45) is 0.517. The third-order valence-electron chi connectivity index (χ3n) is 3.25.